The van der Waals surface area contributed by atoms with E-state index in [1.165, 1.54) is 0 Å². The minimum Gasteiger partial charge on any atom is -0.491 e. The quantitative estimate of drug-likeness (QED) is 0.691. The second-order valence-electron chi connectivity index (χ2n) is 5.12. The molecule has 0 atom stereocenters. The Balaban J connectivity index is 1.89. The fraction of sp³-hybridized carbons (Fsp3) is 0.176. The van der Waals surface area contributed by atoms with Crippen molar-refractivity contribution in [3.8, 4) is 28.6 Å². The van der Waals surface area contributed by atoms with Crippen molar-refractivity contribution in [1.82, 2.24) is 10.1 Å². The summed E-state index contributed by atoms with van der Waals surface area (Å²) in [5, 5.41) is 4.69. The van der Waals surface area contributed by atoms with Crippen LogP contribution in [0.5, 0.6) is 5.75 Å². The van der Waals surface area contributed by atoms with Gasteiger partial charge in [-0.15, -0.1) is 0 Å². The molecule has 112 valence electrons. The standard InChI is InChI=1S/C17H15ClN2O2/c1-11(2)21-15-5-3-4-13(10-15)17-19-16(20-22-17)12-6-8-14(18)9-7-12/h3-11H,1-2H3. The van der Waals surface area contributed by atoms with Gasteiger partial charge >= 0.3 is 0 Å². The first-order chi connectivity index (χ1) is 10.6. The Morgan fingerprint density at radius 2 is 1.82 bits per heavy atom. The summed E-state index contributed by atoms with van der Waals surface area (Å²) in [7, 11) is 0. The molecule has 3 rings (SSSR count). The third kappa shape index (κ3) is 3.28. The smallest absolute Gasteiger partial charge is 0.258 e. The van der Waals surface area contributed by atoms with Crippen LogP contribution in [0.4, 0.5) is 0 Å². The Kier molecular flexibility index (Phi) is 4.11. The molecular weight excluding hydrogens is 300 g/mol. The van der Waals surface area contributed by atoms with Crippen LogP contribution in [0.2, 0.25) is 5.02 Å². The van der Waals surface area contributed by atoms with E-state index in [1.54, 1.807) is 12.1 Å². The molecule has 1 heterocycles. The molecule has 0 aliphatic carbocycles. The van der Waals surface area contributed by atoms with E-state index in [-0.39, 0.29) is 6.10 Å². The molecule has 0 fully saturated rings. The molecule has 22 heavy (non-hydrogen) atoms. The summed E-state index contributed by atoms with van der Waals surface area (Å²) in [5.74, 6) is 1.76. The summed E-state index contributed by atoms with van der Waals surface area (Å²) in [5.41, 5.74) is 1.68. The summed E-state index contributed by atoms with van der Waals surface area (Å²) in [4.78, 5) is 4.42. The average Bonchev–Trinajstić information content (AvgIpc) is 2.97. The van der Waals surface area contributed by atoms with Crippen LogP contribution in [0.15, 0.2) is 53.1 Å². The number of ether oxygens (including phenoxy) is 1. The molecule has 0 spiro atoms. The molecule has 5 heteroatoms. The van der Waals surface area contributed by atoms with E-state index in [0.29, 0.717) is 16.7 Å². The lowest BCUT2D eigenvalue weighted by Crippen LogP contribution is -2.05. The van der Waals surface area contributed by atoms with E-state index in [4.69, 9.17) is 20.9 Å². The molecule has 0 radical (unpaired) electrons. The number of nitrogens with zero attached hydrogens (tertiary/aromatic N) is 2. The van der Waals surface area contributed by atoms with Gasteiger partial charge in [0, 0.05) is 16.1 Å². The zero-order chi connectivity index (χ0) is 15.5. The molecule has 4 nitrogen and oxygen atoms in total. The van der Waals surface area contributed by atoms with Crippen LogP contribution >= 0.6 is 11.6 Å². The van der Waals surface area contributed by atoms with Crippen LogP contribution in [0.1, 0.15) is 13.8 Å². The van der Waals surface area contributed by atoms with Gasteiger partial charge in [-0.25, -0.2) is 0 Å². The van der Waals surface area contributed by atoms with Crippen molar-refractivity contribution in [3.63, 3.8) is 0 Å². The van der Waals surface area contributed by atoms with Gasteiger partial charge in [0.1, 0.15) is 5.75 Å². The zero-order valence-corrected chi connectivity index (χ0v) is 13.0. The molecular formula is C17H15ClN2O2. The fourth-order valence-corrected chi connectivity index (χ4v) is 2.16. The topological polar surface area (TPSA) is 48.2 Å². The van der Waals surface area contributed by atoms with E-state index >= 15 is 0 Å². The van der Waals surface area contributed by atoms with Gasteiger partial charge in [0.15, 0.2) is 0 Å². The van der Waals surface area contributed by atoms with Gasteiger partial charge in [-0.2, -0.15) is 4.98 Å². The molecule has 2 aromatic carbocycles. The molecule has 0 bridgehead atoms. The maximum Gasteiger partial charge on any atom is 0.258 e. The molecule has 3 aromatic rings. The zero-order valence-electron chi connectivity index (χ0n) is 12.3. The maximum absolute atomic E-state index is 5.88. The number of benzene rings is 2. The minimum atomic E-state index is 0.113. The monoisotopic (exact) mass is 314 g/mol. The van der Waals surface area contributed by atoms with E-state index in [9.17, 15) is 0 Å². The fourth-order valence-electron chi connectivity index (χ4n) is 2.03. The van der Waals surface area contributed by atoms with Gasteiger partial charge in [0.2, 0.25) is 5.82 Å². The third-order valence-electron chi connectivity index (χ3n) is 2.98. The van der Waals surface area contributed by atoms with Gasteiger partial charge in [0.25, 0.3) is 5.89 Å². The van der Waals surface area contributed by atoms with Crippen LogP contribution in [-0.4, -0.2) is 16.2 Å². The molecule has 1 aromatic heterocycles. The summed E-state index contributed by atoms with van der Waals surface area (Å²) >= 11 is 5.88. The SMILES string of the molecule is CC(C)Oc1cccc(-c2nc(-c3ccc(Cl)cc3)no2)c1. The van der Waals surface area contributed by atoms with Crippen molar-refractivity contribution >= 4 is 11.6 Å². The Morgan fingerprint density at radius 3 is 2.55 bits per heavy atom. The highest BCUT2D eigenvalue weighted by Crippen LogP contribution is 2.26. The first-order valence-corrected chi connectivity index (χ1v) is 7.36. The minimum absolute atomic E-state index is 0.113. The Labute approximate surface area is 133 Å². The second-order valence-corrected chi connectivity index (χ2v) is 5.56. The van der Waals surface area contributed by atoms with Gasteiger partial charge in [0.05, 0.1) is 6.10 Å². The highest BCUT2D eigenvalue weighted by atomic mass is 35.5. The number of aromatic nitrogens is 2. The molecule has 0 N–H and O–H groups in total. The average molecular weight is 315 g/mol. The maximum atomic E-state index is 5.88. The van der Waals surface area contributed by atoms with Crippen molar-refractivity contribution < 1.29 is 9.26 Å². The van der Waals surface area contributed by atoms with E-state index in [2.05, 4.69) is 10.1 Å². The van der Waals surface area contributed by atoms with E-state index < -0.39 is 0 Å². The molecule has 0 unspecified atom stereocenters. The third-order valence-corrected chi connectivity index (χ3v) is 3.23. The van der Waals surface area contributed by atoms with Crippen LogP contribution in [-0.2, 0) is 0 Å². The van der Waals surface area contributed by atoms with Gasteiger partial charge < -0.3 is 9.26 Å². The Hall–Kier alpha value is -2.33. The van der Waals surface area contributed by atoms with Crippen LogP contribution < -0.4 is 4.74 Å². The van der Waals surface area contributed by atoms with Crippen LogP contribution in [0.3, 0.4) is 0 Å². The summed E-state index contributed by atoms with van der Waals surface area (Å²) < 4.78 is 11.0. The van der Waals surface area contributed by atoms with Crippen molar-refractivity contribution in [2.45, 2.75) is 20.0 Å². The molecule has 0 saturated heterocycles. The predicted octanol–water partition coefficient (Wildman–Crippen LogP) is 4.84. The number of rotatable bonds is 4. The largest absolute Gasteiger partial charge is 0.491 e. The second kappa shape index (κ2) is 6.20. The van der Waals surface area contributed by atoms with Gasteiger partial charge in [-0.1, -0.05) is 22.8 Å². The Morgan fingerprint density at radius 1 is 1.05 bits per heavy atom. The van der Waals surface area contributed by atoms with Crippen LogP contribution in [0.25, 0.3) is 22.8 Å². The van der Waals surface area contributed by atoms with Crippen molar-refractivity contribution in [3.05, 3.63) is 53.6 Å². The predicted molar refractivity (Wildman–Crippen MR) is 85.9 cm³/mol. The molecule has 0 aliphatic rings. The highest BCUT2D eigenvalue weighted by Gasteiger charge is 2.11. The van der Waals surface area contributed by atoms with Crippen molar-refractivity contribution in [1.29, 1.82) is 0 Å². The number of hydrogen-bond donors (Lipinski definition) is 0. The Bertz CT molecular complexity index is 766. The van der Waals surface area contributed by atoms with Gasteiger partial charge in [-0.05, 0) is 56.3 Å². The van der Waals surface area contributed by atoms with Crippen LogP contribution in [0, 0.1) is 0 Å². The number of hydrogen-bond acceptors (Lipinski definition) is 4. The summed E-state index contributed by atoms with van der Waals surface area (Å²) in [6.45, 7) is 3.97. The molecule has 0 aliphatic heterocycles. The lowest BCUT2D eigenvalue weighted by molar-refractivity contribution is 0.242. The molecule has 0 amide bonds. The first-order valence-electron chi connectivity index (χ1n) is 6.98. The summed E-state index contributed by atoms with van der Waals surface area (Å²) in [6, 6.07) is 14.9. The number of halogens is 1. The van der Waals surface area contributed by atoms with E-state index in [1.807, 2.05) is 50.2 Å². The van der Waals surface area contributed by atoms with E-state index in [0.717, 1.165) is 16.9 Å². The molecule has 0 saturated carbocycles. The first kappa shape index (κ1) is 14.6. The normalized spacial score (nSPS) is 10.9. The summed E-state index contributed by atoms with van der Waals surface area (Å²) in [6.07, 6.45) is 0.113. The lowest BCUT2D eigenvalue weighted by Gasteiger charge is -2.09. The van der Waals surface area contributed by atoms with Crippen molar-refractivity contribution in [2.24, 2.45) is 0 Å². The lowest BCUT2D eigenvalue weighted by atomic mass is 10.2. The van der Waals surface area contributed by atoms with Gasteiger partial charge in [-0.3, -0.25) is 0 Å². The highest BCUT2D eigenvalue weighted by molar-refractivity contribution is 6.30. The van der Waals surface area contributed by atoms with Crippen molar-refractivity contribution in [2.75, 3.05) is 0 Å².